The average molecular weight is 463 g/mol. The number of hydrogen-bond donors (Lipinski definition) is 4. The summed E-state index contributed by atoms with van der Waals surface area (Å²) in [7, 11) is 0. The number of carboxylic acid groups (broad SMARTS) is 1. The van der Waals surface area contributed by atoms with Gasteiger partial charge < -0.3 is 29.8 Å². The summed E-state index contributed by atoms with van der Waals surface area (Å²) in [5.74, 6) is 5.59. The van der Waals surface area contributed by atoms with E-state index in [1.165, 1.54) is 11.1 Å². The van der Waals surface area contributed by atoms with Crippen molar-refractivity contribution >= 4 is 34.2 Å². The molecule has 11 nitrogen and oxygen atoms in total. The zero-order chi connectivity index (χ0) is 23.7. The number of anilines is 1. The lowest BCUT2D eigenvalue weighted by Crippen LogP contribution is -2.38. The van der Waals surface area contributed by atoms with E-state index >= 15 is 0 Å². The normalized spacial score (nSPS) is 16.0. The third kappa shape index (κ3) is 4.00. The van der Waals surface area contributed by atoms with Crippen LogP contribution in [-0.2, 0) is 16.1 Å². The van der Waals surface area contributed by atoms with Crippen molar-refractivity contribution in [2.24, 2.45) is 10.8 Å². The molecular weight excluding hydrogens is 438 g/mol. The number of aliphatic carboxylic acids is 1. The van der Waals surface area contributed by atoms with Crippen LogP contribution in [-0.4, -0.2) is 81.3 Å². The van der Waals surface area contributed by atoms with Crippen molar-refractivity contribution < 1.29 is 19.7 Å². The minimum absolute atomic E-state index is 0.0729. The summed E-state index contributed by atoms with van der Waals surface area (Å²) in [4.78, 5) is 31.2. The molecule has 0 bridgehead atoms. The summed E-state index contributed by atoms with van der Waals surface area (Å²) in [6, 6.07) is 7.88. The molecule has 5 N–H and O–H groups in total. The fourth-order valence-corrected chi connectivity index (χ4v) is 4.24. The van der Waals surface area contributed by atoms with Crippen LogP contribution in [0.2, 0.25) is 0 Å². The SMILES string of the molecule is NN(CCO)C1=CC(C(=O)O)=NCc2c1nc(N1CCOCC1)nc2-c1cccc2[nH]ccc12. The van der Waals surface area contributed by atoms with E-state index in [9.17, 15) is 15.0 Å². The van der Waals surface area contributed by atoms with E-state index in [1.54, 1.807) is 0 Å². The van der Waals surface area contributed by atoms with Crippen LogP contribution >= 0.6 is 0 Å². The number of nitrogens with two attached hydrogens (primary N) is 1. The molecule has 0 spiro atoms. The van der Waals surface area contributed by atoms with Gasteiger partial charge in [0.2, 0.25) is 5.95 Å². The van der Waals surface area contributed by atoms with Gasteiger partial charge in [-0.25, -0.2) is 20.6 Å². The van der Waals surface area contributed by atoms with E-state index in [1.807, 2.05) is 35.4 Å². The number of aliphatic imine (C=N–C) groups is 1. The van der Waals surface area contributed by atoms with Gasteiger partial charge in [0, 0.05) is 41.3 Å². The zero-order valence-corrected chi connectivity index (χ0v) is 18.4. The highest BCUT2D eigenvalue weighted by Gasteiger charge is 2.27. The number of ether oxygens (including phenoxy) is 1. The summed E-state index contributed by atoms with van der Waals surface area (Å²) in [6.45, 7) is 2.34. The highest BCUT2D eigenvalue weighted by molar-refractivity contribution is 6.41. The van der Waals surface area contributed by atoms with E-state index < -0.39 is 5.97 Å². The van der Waals surface area contributed by atoms with Gasteiger partial charge in [-0.15, -0.1) is 0 Å². The minimum atomic E-state index is -1.17. The third-order valence-corrected chi connectivity index (χ3v) is 5.93. The van der Waals surface area contributed by atoms with Crippen LogP contribution in [0.1, 0.15) is 11.3 Å². The average Bonchev–Trinajstić information content (AvgIpc) is 3.25. The van der Waals surface area contributed by atoms with Crippen LogP contribution in [0.4, 0.5) is 5.95 Å². The number of fused-ring (bicyclic) bond motifs is 2. The minimum Gasteiger partial charge on any atom is -0.477 e. The van der Waals surface area contributed by atoms with Gasteiger partial charge in [-0.1, -0.05) is 12.1 Å². The van der Waals surface area contributed by atoms with E-state index in [2.05, 4.69) is 9.98 Å². The number of carboxylic acids is 1. The Morgan fingerprint density at radius 2 is 2.00 bits per heavy atom. The predicted molar refractivity (Wildman–Crippen MR) is 127 cm³/mol. The van der Waals surface area contributed by atoms with Crippen molar-refractivity contribution in [3.8, 4) is 11.3 Å². The summed E-state index contributed by atoms with van der Waals surface area (Å²) in [6.07, 6.45) is 3.27. The molecule has 0 saturated carbocycles. The summed E-state index contributed by atoms with van der Waals surface area (Å²) < 4.78 is 5.50. The Morgan fingerprint density at radius 3 is 2.76 bits per heavy atom. The molecule has 2 aromatic heterocycles. The van der Waals surface area contributed by atoms with Crippen molar-refractivity contribution in [3.05, 3.63) is 47.8 Å². The summed E-state index contributed by atoms with van der Waals surface area (Å²) >= 11 is 0. The molecule has 0 amide bonds. The van der Waals surface area contributed by atoms with Crippen molar-refractivity contribution in [1.82, 2.24) is 20.0 Å². The van der Waals surface area contributed by atoms with Gasteiger partial charge >= 0.3 is 5.97 Å². The highest BCUT2D eigenvalue weighted by Crippen LogP contribution is 2.36. The topological polar surface area (TPSA) is 153 Å². The summed E-state index contributed by atoms with van der Waals surface area (Å²) in [5.41, 5.74) is 3.89. The lowest BCUT2D eigenvalue weighted by molar-refractivity contribution is -0.129. The molecule has 2 aliphatic rings. The van der Waals surface area contributed by atoms with Crippen molar-refractivity contribution in [2.45, 2.75) is 6.54 Å². The lowest BCUT2D eigenvalue weighted by Gasteiger charge is -2.29. The molecule has 176 valence electrons. The number of benzene rings is 1. The van der Waals surface area contributed by atoms with E-state index in [4.69, 9.17) is 20.5 Å². The number of hydrogen-bond acceptors (Lipinski definition) is 9. The zero-order valence-electron chi connectivity index (χ0n) is 18.4. The molecule has 1 saturated heterocycles. The van der Waals surface area contributed by atoms with Crippen molar-refractivity contribution in [3.63, 3.8) is 0 Å². The Balaban J connectivity index is 1.77. The number of carbonyl (C=O) groups is 1. The van der Waals surface area contributed by atoms with Gasteiger partial charge in [-0.3, -0.25) is 4.99 Å². The number of hydrazine groups is 1. The van der Waals surface area contributed by atoms with Crippen LogP contribution in [0.3, 0.4) is 0 Å². The van der Waals surface area contributed by atoms with E-state index in [0.29, 0.717) is 54.9 Å². The Kier molecular flexibility index (Phi) is 5.97. The monoisotopic (exact) mass is 463 g/mol. The lowest BCUT2D eigenvalue weighted by atomic mass is 9.99. The first-order valence-electron chi connectivity index (χ1n) is 11.0. The Hall–Kier alpha value is -3.80. The Morgan fingerprint density at radius 1 is 1.21 bits per heavy atom. The van der Waals surface area contributed by atoms with Gasteiger partial charge in [0.1, 0.15) is 5.71 Å². The number of morpholine rings is 1. The molecule has 11 heteroatoms. The molecule has 0 atom stereocenters. The number of nitrogens with zero attached hydrogens (tertiary/aromatic N) is 5. The quantitative estimate of drug-likeness (QED) is 0.310. The van der Waals surface area contributed by atoms with Gasteiger partial charge in [0.25, 0.3) is 0 Å². The first-order valence-corrected chi connectivity index (χ1v) is 11.0. The molecule has 4 heterocycles. The van der Waals surface area contributed by atoms with Crippen LogP contribution in [0, 0.1) is 0 Å². The number of aliphatic hydroxyl groups excluding tert-OH is 1. The fraction of sp³-hybridized carbons (Fsp3) is 0.304. The number of aromatic nitrogens is 3. The maximum Gasteiger partial charge on any atom is 0.354 e. The molecule has 1 aromatic carbocycles. The van der Waals surface area contributed by atoms with Crippen LogP contribution < -0.4 is 10.7 Å². The second kappa shape index (κ2) is 9.21. The van der Waals surface area contributed by atoms with Gasteiger partial charge in [0.05, 0.1) is 50.0 Å². The van der Waals surface area contributed by atoms with Gasteiger partial charge in [-0.05, 0) is 18.2 Å². The molecule has 3 aromatic rings. The Labute approximate surface area is 195 Å². The summed E-state index contributed by atoms with van der Waals surface area (Å²) in [5, 5.41) is 21.5. The van der Waals surface area contributed by atoms with Crippen LogP contribution in [0.5, 0.6) is 0 Å². The van der Waals surface area contributed by atoms with Gasteiger partial charge in [0.15, 0.2) is 0 Å². The predicted octanol–water partition coefficient (Wildman–Crippen LogP) is 1.01. The molecule has 2 aliphatic heterocycles. The maximum atomic E-state index is 11.8. The van der Waals surface area contributed by atoms with Gasteiger partial charge in [-0.2, -0.15) is 0 Å². The Bertz CT molecular complexity index is 1290. The molecule has 0 unspecified atom stereocenters. The molecule has 5 rings (SSSR count). The van der Waals surface area contributed by atoms with E-state index in [0.717, 1.165) is 16.5 Å². The second-order valence-corrected chi connectivity index (χ2v) is 8.00. The number of aromatic amines is 1. The maximum absolute atomic E-state index is 11.8. The van der Waals surface area contributed by atoms with E-state index in [-0.39, 0.29) is 25.4 Å². The molecule has 0 aliphatic carbocycles. The number of nitrogens with one attached hydrogen (secondary N) is 1. The van der Waals surface area contributed by atoms with Crippen LogP contribution in [0.25, 0.3) is 27.9 Å². The van der Waals surface area contributed by atoms with Crippen molar-refractivity contribution in [1.29, 1.82) is 0 Å². The standard InChI is InChI=1S/C23H25N7O4/c24-30(6-9-31)19-12-18(22(32)33)26-13-16-20(15-2-1-3-17-14(15)4-5-25-17)27-23(28-21(16)19)29-7-10-34-11-8-29/h1-5,12,25,31H,6-11,13,24H2,(H,32,33). The fourth-order valence-electron chi connectivity index (χ4n) is 4.24. The number of H-pyrrole nitrogens is 1. The molecule has 1 fully saturated rings. The molecular formula is C23H25N7O4. The van der Waals surface area contributed by atoms with Crippen LogP contribution in [0.15, 0.2) is 41.5 Å². The largest absolute Gasteiger partial charge is 0.477 e. The second-order valence-electron chi connectivity index (χ2n) is 8.00. The molecule has 34 heavy (non-hydrogen) atoms. The smallest absolute Gasteiger partial charge is 0.354 e. The highest BCUT2D eigenvalue weighted by atomic mass is 16.5. The first-order chi connectivity index (χ1) is 16.6. The molecule has 0 radical (unpaired) electrons. The van der Waals surface area contributed by atoms with Crippen molar-refractivity contribution in [2.75, 3.05) is 44.4 Å². The third-order valence-electron chi connectivity index (χ3n) is 5.93. The number of aliphatic hydroxyl groups is 1. The first kappa shape index (κ1) is 22.0. The number of rotatable bonds is 6.